The van der Waals surface area contributed by atoms with Crippen LogP contribution in [0, 0.1) is 6.92 Å². The summed E-state index contributed by atoms with van der Waals surface area (Å²) < 4.78 is 1.78. The van der Waals surface area contributed by atoms with Crippen LogP contribution in [0.15, 0.2) is 30.3 Å². The van der Waals surface area contributed by atoms with E-state index in [2.05, 4.69) is 10.4 Å². The number of benzene rings is 1. The summed E-state index contributed by atoms with van der Waals surface area (Å²) in [5.41, 5.74) is 2.85. The van der Waals surface area contributed by atoms with E-state index in [9.17, 15) is 14.4 Å². The molecule has 2 aromatic rings. The Kier molecular flexibility index (Phi) is 5.69. The van der Waals surface area contributed by atoms with Gasteiger partial charge in [-0.05, 0) is 38.0 Å². The number of unbranched alkanes of at least 4 members (excludes halogenated alkanes) is 2. The topological polar surface area (TPSA) is 84.3 Å². The maximum atomic E-state index is 12.3. The minimum Gasteiger partial charge on any atom is -0.350 e. The zero-order valence-corrected chi connectivity index (χ0v) is 15.7. The van der Waals surface area contributed by atoms with Gasteiger partial charge in [0.2, 0.25) is 5.91 Å². The smallest absolute Gasteiger partial charge is 0.261 e. The van der Waals surface area contributed by atoms with E-state index in [-0.39, 0.29) is 17.7 Å². The molecule has 3 rings (SSSR count). The highest BCUT2D eigenvalue weighted by molar-refractivity contribution is 6.21. The van der Waals surface area contributed by atoms with E-state index in [4.69, 9.17) is 0 Å². The molecule has 1 aromatic heterocycles. The van der Waals surface area contributed by atoms with Crippen LogP contribution in [0.1, 0.15) is 57.8 Å². The molecule has 0 bridgehead atoms. The molecule has 1 aromatic carbocycles. The van der Waals surface area contributed by atoms with E-state index in [1.165, 1.54) is 4.90 Å². The zero-order chi connectivity index (χ0) is 19.4. The molecule has 7 nitrogen and oxygen atoms in total. The minimum absolute atomic E-state index is 0.0148. The van der Waals surface area contributed by atoms with E-state index < -0.39 is 0 Å². The molecule has 0 atom stereocenters. The first-order valence-corrected chi connectivity index (χ1v) is 9.19. The SMILES string of the molecule is Cc1cc(CNC(=O)CCCCCN2C(=O)c3ccccc3C2=O)nn1C. The standard InChI is InChI=1S/C20H24N4O3/c1-14-12-15(22-23(14)2)13-21-18(25)10-4-3-7-11-24-19(26)16-8-5-6-9-17(16)20(24)27/h5-6,8-9,12H,3-4,7,10-11,13H2,1-2H3,(H,21,25). The molecule has 0 aliphatic carbocycles. The molecular weight excluding hydrogens is 344 g/mol. The summed E-state index contributed by atoms with van der Waals surface area (Å²) >= 11 is 0. The van der Waals surface area contributed by atoms with Crippen LogP contribution < -0.4 is 5.32 Å². The van der Waals surface area contributed by atoms with Crippen LogP contribution in [-0.2, 0) is 18.4 Å². The number of fused-ring (bicyclic) bond motifs is 1. The summed E-state index contributed by atoms with van der Waals surface area (Å²) in [5.74, 6) is -0.461. The van der Waals surface area contributed by atoms with Gasteiger partial charge in [-0.15, -0.1) is 0 Å². The van der Waals surface area contributed by atoms with Crippen LogP contribution in [-0.4, -0.2) is 38.9 Å². The lowest BCUT2D eigenvalue weighted by Gasteiger charge is -2.13. The third kappa shape index (κ3) is 4.24. The Labute approximate surface area is 158 Å². The number of aryl methyl sites for hydroxylation is 2. The largest absolute Gasteiger partial charge is 0.350 e. The van der Waals surface area contributed by atoms with Crippen molar-refractivity contribution in [2.75, 3.05) is 6.54 Å². The van der Waals surface area contributed by atoms with Crippen molar-refractivity contribution in [1.29, 1.82) is 0 Å². The second-order valence-electron chi connectivity index (χ2n) is 6.80. The maximum Gasteiger partial charge on any atom is 0.261 e. The summed E-state index contributed by atoms with van der Waals surface area (Å²) in [6.07, 6.45) is 2.62. The van der Waals surface area contributed by atoms with Crippen LogP contribution in [0.4, 0.5) is 0 Å². The molecule has 0 saturated heterocycles. The molecule has 7 heteroatoms. The first-order valence-electron chi connectivity index (χ1n) is 9.19. The molecule has 2 heterocycles. The lowest BCUT2D eigenvalue weighted by Crippen LogP contribution is -2.30. The van der Waals surface area contributed by atoms with Crippen LogP contribution in [0.2, 0.25) is 0 Å². The first kappa shape index (κ1) is 18.8. The Morgan fingerprint density at radius 1 is 1.07 bits per heavy atom. The van der Waals surface area contributed by atoms with E-state index in [0.717, 1.165) is 24.2 Å². The predicted molar refractivity (Wildman–Crippen MR) is 100 cm³/mol. The van der Waals surface area contributed by atoms with Gasteiger partial charge in [0.1, 0.15) is 0 Å². The summed E-state index contributed by atoms with van der Waals surface area (Å²) in [6.45, 7) is 2.78. The van der Waals surface area contributed by atoms with Gasteiger partial charge in [0, 0.05) is 25.7 Å². The van der Waals surface area contributed by atoms with Crippen LogP contribution in [0.25, 0.3) is 0 Å². The second kappa shape index (κ2) is 8.16. The third-order valence-electron chi connectivity index (χ3n) is 4.79. The highest BCUT2D eigenvalue weighted by Crippen LogP contribution is 2.22. The minimum atomic E-state index is -0.223. The van der Waals surface area contributed by atoms with Gasteiger partial charge in [-0.3, -0.25) is 24.0 Å². The van der Waals surface area contributed by atoms with Gasteiger partial charge in [-0.2, -0.15) is 5.10 Å². The van der Waals surface area contributed by atoms with Crippen molar-refractivity contribution >= 4 is 17.7 Å². The Balaban J connectivity index is 1.34. The van der Waals surface area contributed by atoms with Crippen molar-refractivity contribution in [2.24, 2.45) is 7.05 Å². The Morgan fingerprint density at radius 3 is 2.33 bits per heavy atom. The van der Waals surface area contributed by atoms with Gasteiger partial charge in [0.15, 0.2) is 0 Å². The van der Waals surface area contributed by atoms with Crippen LogP contribution in [0.3, 0.4) is 0 Å². The number of carbonyl (C=O) groups excluding carboxylic acids is 3. The van der Waals surface area contributed by atoms with E-state index in [0.29, 0.717) is 37.1 Å². The Bertz CT molecular complexity index is 817. The number of carbonyl (C=O) groups is 3. The number of hydrogen-bond acceptors (Lipinski definition) is 4. The highest BCUT2D eigenvalue weighted by Gasteiger charge is 2.34. The van der Waals surface area contributed by atoms with Gasteiger partial charge in [0.25, 0.3) is 11.8 Å². The van der Waals surface area contributed by atoms with Crippen LogP contribution >= 0.6 is 0 Å². The Morgan fingerprint density at radius 2 is 1.74 bits per heavy atom. The maximum absolute atomic E-state index is 12.3. The normalized spacial score (nSPS) is 13.2. The molecule has 1 aliphatic rings. The summed E-state index contributed by atoms with van der Waals surface area (Å²) in [4.78, 5) is 37.7. The molecule has 1 aliphatic heterocycles. The van der Waals surface area contributed by atoms with Crippen molar-refractivity contribution in [2.45, 2.75) is 39.2 Å². The lowest BCUT2D eigenvalue weighted by molar-refractivity contribution is -0.121. The van der Waals surface area contributed by atoms with Crippen molar-refractivity contribution < 1.29 is 14.4 Å². The molecule has 0 saturated carbocycles. The van der Waals surface area contributed by atoms with Gasteiger partial charge in [0.05, 0.1) is 23.4 Å². The number of amides is 3. The average molecular weight is 368 g/mol. The molecule has 0 unspecified atom stereocenters. The fourth-order valence-corrected chi connectivity index (χ4v) is 3.17. The lowest BCUT2D eigenvalue weighted by atomic mass is 10.1. The third-order valence-corrected chi connectivity index (χ3v) is 4.79. The Hall–Kier alpha value is -2.96. The predicted octanol–water partition coefficient (Wildman–Crippen LogP) is 2.20. The van der Waals surface area contributed by atoms with Gasteiger partial charge in [-0.25, -0.2) is 0 Å². The molecule has 27 heavy (non-hydrogen) atoms. The number of nitrogens with zero attached hydrogens (tertiary/aromatic N) is 3. The second-order valence-corrected chi connectivity index (χ2v) is 6.80. The molecule has 0 spiro atoms. The fourth-order valence-electron chi connectivity index (χ4n) is 3.17. The summed E-state index contributed by atoms with van der Waals surface area (Å²) in [6, 6.07) is 8.84. The van der Waals surface area contributed by atoms with Crippen molar-refractivity contribution in [3.63, 3.8) is 0 Å². The summed E-state index contributed by atoms with van der Waals surface area (Å²) in [7, 11) is 1.87. The monoisotopic (exact) mass is 368 g/mol. The first-order chi connectivity index (χ1) is 13.0. The van der Waals surface area contributed by atoms with E-state index >= 15 is 0 Å². The van der Waals surface area contributed by atoms with Gasteiger partial charge in [-0.1, -0.05) is 18.6 Å². The highest BCUT2D eigenvalue weighted by atomic mass is 16.2. The van der Waals surface area contributed by atoms with Crippen molar-refractivity contribution in [3.05, 3.63) is 52.8 Å². The molecule has 142 valence electrons. The van der Waals surface area contributed by atoms with Crippen LogP contribution in [0.5, 0.6) is 0 Å². The van der Waals surface area contributed by atoms with Gasteiger partial charge >= 0.3 is 0 Å². The number of hydrogen-bond donors (Lipinski definition) is 1. The van der Waals surface area contributed by atoms with Gasteiger partial charge < -0.3 is 5.32 Å². The molecule has 0 fully saturated rings. The number of nitrogens with one attached hydrogen (secondary N) is 1. The number of rotatable bonds is 8. The number of imide groups is 1. The quantitative estimate of drug-likeness (QED) is 0.572. The number of aromatic nitrogens is 2. The molecular formula is C20H24N4O3. The van der Waals surface area contributed by atoms with Crippen molar-refractivity contribution in [3.8, 4) is 0 Å². The van der Waals surface area contributed by atoms with Crippen molar-refractivity contribution in [1.82, 2.24) is 20.0 Å². The fraction of sp³-hybridized carbons (Fsp3) is 0.400. The molecule has 3 amide bonds. The van der Waals surface area contributed by atoms with E-state index in [1.807, 2.05) is 20.0 Å². The molecule has 0 radical (unpaired) electrons. The summed E-state index contributed by atoms with van der Waals surface area (Å²) in [5, 5.41) is 7.16. The average Bonchev–Trinajstić information content (AvgIpc) is 3.11. The van der Waals surface area contributed by atoms with E-state index in [1.54, 1.807) is 28.9 Å². The zero-order valence-electron chi connectivity index (χ0n) is 15.7. The molecule has 1 N–H and O–H groups in total.